The van der Waals surface area contributed by atoms with E-state index in [0.29, 0.717) is 17.9 Å². The van der Waals surface area contributed by atoms with Crippen LogP contribution in [0, 0.1) is 42.4 Å². The summed E-state index contributed by atoms with van der Waals surface area (Å²) in [5.41, 5.74) is 12.8. The van der Waals surface area contributed by atoms with Gasteiger partial charge in [0.25, 0.3) is 0 Å². The van der Waals surface area contributed by atoms with E-state index in [1.54, 1.807) is 11.1 Å². The molecular formula is C32H27BrN6O. The van der Waals surface area contributed by atoms with Gasteiger partial charge in [-0.15, -0.1) is 0 Å². The number of aromatic nitrogens is 1. The van der Waals surface area contributed by atoms with E-state index in [1.165, 1.54) is 0 Å². The van der Waals surface area contributed by atoms with Gasteiger partial charge in [-0.2, -0.15) is 15.6 Å². The van der Waals surface area contributed by atoms with Gasteiger partial charge in [0.2, 0.25) is 0 Å². The van der Waals surface area contributed by atoms with Gasteiger partial charge in [-0.05, 0) is 85.6 Å². The van der Waals surface area contributed by atoms with Gasteiger partial charge in [-0.1, -0.05) is 46.3 Å². The lowest BCUT2D eigenvalue weighted by Gasteiger charge is -2.21. The van der Waals surface area contributed by atoms with Crippen LogP contribution < -0.4 is 15.5 Å². The van der Waals surface area contributed by atoms with Gasteiger partial charge < -0.3 is 15.0 Å². The van der Waals surface area contributed by atoms with E-state index in [9.17, 15) is 10.5 Å². The van der Waals surface area contributed by atoms with Crippen molar-refractivity contribution >= 4 is 33.4 Å². The van der Waals surface area contributed by atoms with Crippen LogP contribution in [0.4, 0.5) is 5.69 Å². The third-order valence-corrected chi connectivity index (χ3v) is 7.40. The number of hydrogen-bond donors (Lipinski definition) is 1. The van der Waals surface area contributed by atoms with Crippen molar-refractivity contribution in [3.05, 3.63) is 117 Å². The lowest BCUT2D eigenvalue weighted by atomic mass is 9.95. The van der Waals surface area contributed by atoms with E-state index >= 15 is 0 Å². The van der Waals surface area contributed by atoms with Crippen LogP contribution >= 0.6 is 15.9 Å². The summed E-state index contributed by atoms with van der Waals surface area (Å²) in [4.78, 5) is 0. The summed E-state index contributed by atoms with van der Waals surface area (Å²) in [7, 11) is 0. The Labute approximate surface area is 242 Å². The molecule has 7 nitrogen and oxygen atoms in total. The number of rotatable bonds is 7. The van der Waals surface area contributed by atoms with E-state index in [4.69, 9.17) is 10.5 Å². The Morgan fingerprint density at radius 2 is 1.70 bits per heavy atom. The number of nitriles is 2. The van der Waals surface area contributed by atoms with Crippen LogP contribution in [0.2, 0.25) is 0 Å². The molecule has 0 aliphatic carbocycles. The summed E-state index contributed by atoms with van der Waals surface area (Å²) in [6, 6.07) is 31.9. The summed E-state index contributed by atoms with van der Waals surface area (Å²) in [6.07, 6.45) is 1.11. The lowest BCUT2D eigenvalue weighted by Crippen LogP contribution is -2.40. The highest BCUT2D eigenvalue weighted by Gasteiger charge is 2.37. The summed E-state index contributed by atoms with van der Waals surface area (Å²) in [5, 5.41) is 26.2. The molecule has 0 saturated carbocycles. The van der Waals surface area contributed by atoms with Crippen molar-refractivity contribution in [2.24, 2.45) is 16.8 Å². The van der Waals surface area contributed by atoms with E-state index in [2.05, 4.69) is 37.7 Å². The molecule has 0 radical (unpaired) electrons. The molecule has 2 N–H and O–H groups in total. The number of hydrazone groups is 1. The number of ether oxygens (including phenoxy) is 1. The molecule has 8 heteroatoms. The van der Waals surface area contributed by atoms with Crippen molar-refractivity contribution in [2.75, 3.05) is 5.01 Å². The summed E-state index contributed by atoms with van der Waals surface area (Å²) >= 11 is 3.45. The molecule has 1 aliphatic heterocycles. The SMILES string of the molecule is Cc1cc(/C=C(/C#N)C2=NN(c3ccccc3)[C@@H](N)[C@H]2C#N)c(C)n1-c1ccc(OCc2ccc(Br)cc2)cc1. The van der Waals surface area contributed by atoms with Gasteiger partial charge in [0, 0.05) is 21.5 Å². The molecule has 5 rings (SSSR count). The van der Waals surface area contributed by atoms with Crippen LogP contribution in [0.15, 0.2) is 100 Å². The molecule has 0 saturated heterocycles. The summed E-state index contributed by atoms with van der Waals surface area (Å²) < 4.78 is 9.12. The number of anilines is 1. The van der Waals surface area contributed by atoms with Gasteiger partial charge in [-0.25, -0.2) is 5.01 Å². The Bertz CT molecular complexity index is 1660. The maximum atomic E-state index is 10.1. The number of benzene rings is 3. The second kappa shape index (κ2) is 11.6. The molecule has 4 aromatic rings. The zero-order chi connectivity index (χ0) is 28.2. The first-order chi connectivity index (χ1) is 19.4. The molecule has 2 heterocycles. The van der Waals surface area contributed by atoms with Gasteiger partial charge in [0.15, 0.2) is 0 Å². The van der Waals surface area contributed by atoms with E-state index in [1.807, 2.05) is 98.8 Å². The standard InChI is InChI=1S/C32H27BrN6O/c1-21-16-24(17-25(18-34)31-30(19-35)32(36)39(37-31)28-6-4-3-5-7-28)22(2)38(21)27-12-14-29(15-13-27)40-20-23-8-10-26(33)11-9-23/h3-17,30,32H,20,36H2,1-2H3/b25-17-/t30-,32+/m0/s1. The van der Waals surface area contributed by atoms with Crippen molar-refractivity contribution in [1.29, 1.82) is 10.5 Å². The largest absolute Gasteiger partial charge is 0.489 e. The molecule has 0 bridgehead atoms. The normalized spacial score (nSPS) is 16.8. The fourth-order valence-electron chi connectivity index (χ4n) is 4.81. The Hall–Kier alpha value is -4.63. The fraction of sp³-hybridized carbons (Fsp3) is 0.156. The number of para-hydroxylation sites is 1. The minimum atomic E-state index is -0.737. The van der Waals surface area contributed by atoms with Crippen molar-refractivity contribution in [3.8, 4) is 23.6 Å². The van der Waals surface area contributed by atoms with Gasteiger partial charge in [0.1, 0.15) is 30.5 Å². The minimum Gasteiger partial charge on any atom is -0.489 e. The van der Waals surface area contributed by atoms with Crippen molar-refractivity contribution in [2.45, 2.75) is 26.6 Å². The lowest BCUT2D eigenvalue weighted by molar-refractivity contribution is 0.306. The van der Waals surface area contributed by atoms with Gasteiger partial charge in [0.05, 0.1) is 23.0 Å². The third kappa shape index (κ3) is 5.41. The molecular weight excluding hydrogens is 564 g/mol. The highest BCUT2D eigenvalue weighted by molar-refractivity contribution is 9.10. The maximum Gasteiger partial charge on any atom is 0.127 e. The Morgan fingerprint density at radius 1 is 1.00 bits per heavy atom. The van der Waals surface area contributed by atoms with Crippen LogP contribution in [-0.2, 0) is 6.61 Å². The molecule has 1 aliphatic rings. The molecule has 0 spiro atoms. The molecule has 0 unspecified atom stereocenters. The van der Waals surface area contributed by atoms with Gasteiger partial charge in [-0.3, -0.25) is 0 Å². The van der Waals surface area contributed by atoms with Crippen molar-refractivity contribution < 1.29 is 4.74 Å². The second-order valence-electron chi connectivity index (χ2n) is 9.50. The fourth-order valence-corrected chi connectivity index (χ4v) is 5.07. The highest BCUT2D eigenvalue weighted by Crippen LogP contribution is 2.30. The molecule has 2 atom stereocenters. The second-order valence-corrected chi connectivity index (χ2v) is 10.4. The van der Waals surface area contributed by atoms with Crippen LogP contribution in [0.1, 0.15) is 22.5 Å². The van der Waals surface area contributed by atoms with Crippen LogP contribution in [0.5, 0.6) is 5.75 Å². The quantitative estimate of drug-likeness (QED) is 0.243. The number of allylic oxidation sites excluding steroid dienone is 1. The predicted octanol–water partition coefficient (Wildman–Crippen LogP) is 6.64. The molecule has 0 amide bonds. The smallest absolute Gasteiger partial charge is 0.127 e. The first kappa shape index (κ1) is 27.0. The number of aryl methyl sites for hydroxylation is 1. The van der Waals surface area contributed by atoms with Crippen LogP contribution in [-0.4, -0.2) is 16.4 Å². The summed E-state index contributed by atoms with van der Waals surface area (Å²) in [5.74, 6) is 0.0432. The molecule has 198 valence electrons. The molecule has 0 fully saturated rings. The van der Waals surface area contributed by atoms with Crippen molar-refractivity contribution in [3.63, 3.8) is 0 Å². The van der Waals surface area contributed by atoms with E-state index in [0.717, 1.165) is 44.1 Å². The van der Waals surface area contributed by atoms with Gasteiger partial charge >= 0.3 is 0 Å². The number of nitrogens with zero attached hydrogens (tertiary/aromatic N) is 5. The van der Waals surface area contributed by atoms with E-state index in [-0.39, 0.29) is 0 Å². The Morgan fingerprint density at radius 3 is 2.35 bits per heavy atom. The minimum absolute atomic E-state index is 0.317. The van der Waals surface area contributed by atoms with Crippen LogP contribution in [0.3, 0.4) is 0 Å². The summed E-state index contributed by atoms with van der Waals surface area (Å²) in [6.45, 7) is 4.51. The topological polar surface area (TPSA) is 103 Å². The monoisotopic (exact) mass is 590 g/mol. The number of hydrogen-bond acceptors (Lipinski definition) is 6. The Kier molecular flexibility index (Phi) is 7.84. The highest BCUT2D eigenvalue weighted by atomic mass is 79.9. The molecule has 40 heavy (non-hydrogen) atoms. The molecule has 3 aromatic carbocycles. The third-order valence-electron chi connectivity index (χ3n) is 6.87. The average molecular weight is 592 g/mol. The Balaban J connectivity index is 1.40. The molecule has 1 aromatic heterocycles. The van der Waals surface area contributed by atoms with Crippen molar-refractivity contribution in [1.82, 2.24) is 4.57 Å². The van der Waals surface area contributed by atoms with E-state index < -0.39 is 12.1 Å². The number of nitrogens with two attached hydrogens (primary N) is 1. The zero-order valence-corrected chi connectivity index (χ0v) is 23.7. The number of halogens is 1. The maximum absolute atomic E-state index is 10.1. The first-order valence-electron chi connectivity index (χ1n) is 12.8. The average Bonchev–Trinajstić information content (AvgIpc) is 3.46. The predicted molar refractivity (Wildman–Crippen MR) is 161 cm³/mol. The first-order valence-corrected chi connectivity index (χ1v) is 13.6. The van der Waals surface area contributed by atoms with Crippen LogP contribution in [0.25, 0.3) is 11.8 Å². The zero-order valence-electron chi connectivity index (χ0n) is 22.1.